The number of aryl methyl sites for hydroxylation is 1. The van der Waals surface area contributed by atoms with Crippen LogP contribution in [0, 0.1) is 0 Å². The smallest absolute Gasteiger partial charge is 0.258 e. The largest absolute Gasteiger partial charge is 0.350 e. The van der Waals surface area contributed by atoms with Gasteiger partial charge in [0.1, 0.15) is 6.04 Å². The standard InChI is InChI=1S/C16H24N4O2S/c1-16(2,3)18-14(21)13-9-23-10-19(13)15(22)11-8-17-20-7-5-4-6-12(11)20/h8,13H,4-7,9-10H2,1-3H3,(H,18,21)/t13-/m1/s1. The van der Waals surface area contributed by atoms with Crippen molar-refractivity contribution in [3.8, 4) is 0 Å². The second-order valence-corrected chi connectivity index (χ2v) is 8.21. The molecule has 2 aliphatic heterocycles. The molecule has 0 aromatic carbocycles. The Bertz CT molecular complexity index is 620. The van der Waals surface area contributed by atoms with Crippen LogP contribution in [0.1, 0.15) is 49.7 Å². The minimum absolute atomic E-state index is 0.0628. The minimum Gasteiger partial charge on any atom is -0.350 e. The van der Waals surface area contributed by atoms with E-state index in [9.17, 15) is 9.59 Å². The Hall–Kier alpha value is -1.50. The van der Waals surface area contributed by atoms with Crippen LogP contribution in [0.4, 0.5) is 0 Å². The second kappa shape index (κ2) is 6.19. The summed E-state index contributed by atoms with van der Waals surface area (Å²) in [7, 11) is 0. The highest BCUT2D eigenvalue weighted by Gasteiger charge is 2.37. The number of nitrogens with zero attached hydrogens (tertiary/aromatic N) is 3. The molecule has 0 saturated carbocycles. The molecule has 0 bridgehead atoms. The average molecular weight is 336 g/mol. The number of carbonyl (C=O) groups excluding carboxylic acids is 2. The van der Waals surface area contributed by atoms with Crippen LogP contribution in [0.5, 0.6) is 0 Å². The van der Waals surface area contributed by atoms with E-state index in [4.69, 9.17) is 0 Å². The quantitative estimate of drug-likeness (QED) is 0.892. The Morgan fingerprint density at radius 1 is 1.35 bits per heavy atom. The van der Waals surface area contributed by atoms with E-state index in [1.807, 2.05) is 25.5 Å². The lowest BCUT2D eigenvalue weighted by Gasteiger charge is -2.28. The first-order valence-electron chi connectivity index (χ1n) is 8.12. The number of hydrogen-bond acceptors (Lipinski definition) is 4. The summed E-state index contributed by atoms with van der Waals surface area (Å²) in [6, 6.07) is -0.397. The van der Waals surface area contributed by atoms with E-state index in [1.165, 1.54) is 0 Å². The molecule has 1 aromatic rings. The van der Waals surface area contributed by atoms with Gasteiger partial charge in [-0.2, -0.15) is 5.10 Å². The zero-order valence-corrected chi connectivity index (χ0v) is 14.8. The molecule has 23 heavy (non-hydrogen) atoms. The summed E-state index contributed by atoms with van der Waals surface area (Å²) in [5.41, 5.74) is 1.39. The molecule has 3 heterocycles. The van der Waals surface area contributed by atoms with E-state index >= 15 is 0 Å². The van der Waals surface area contributed by atoms with Crippen molar-refractivity contribution in [2.75, 3.05) is 11.6 Å². The Labute approximate surface area is 141 Å². The van der Waals surface area contributed by atoms with Crippen LogP contribution in [0.25, 0.3) is 0 Å². The second-order valence-electron chi connectivity index (χ2n) is 7.22. The van der Waals surface area contributed by atoms with Gasteiger partial charge < -0.3 is 10.2 Å². The number of thioether (sulfide) groups is 1. The van der Waals surface area contributed by atoms with Gasteiger partial charge in [0.2, 0.25) is 5.91 Å². The van der Waals surface area contributed by atoms with Crippen LogP contribution in [0.2, 0.25) is 0 Å². The first-order valence-corrected chi connectivity index (χ1v) is 9.28. The van der Waals surface area contributed by atoms with Gasteiger partial charge in [0, 0.05) is 17.8 Å². The van der Waals surface area contributed by atoms with Crippen molar-refractivity contribution in [2.24, 2.45) is 0 Å². The third-order valence-corrected chi connectivity index (χ3v) is 5.17. The minimum atomic E-state index is -0.397. The number of aromatic nitrogens is 2. The lowest BCUT2D eigenvalue weighted by atomic mass is 10.1. The molecule has 1 atom stereocenters. The van der Waals surface area contributed by atoms with E-state index in [1.54, 1.807) is 22.9 Å². The summed E-state index contributed by atoms with van der Waals surface area (Å²) in [6.45, 7) is 6.74. The molecule has 0 radical (unpaired) electrons. The molecule has 1 N–H and O–H groups in total. The molecule has 1 fully saturated rings. The van der Waals surface area contributed by atoms with E-state index in [-0.39, 0.29) is 17.4 Å². The molecule has 2 aliphatic rings. The van der Waals surface area contributed by atoms with Crippen molar-refractivity contribution in [1.29, 1.82) is 0 Å². The third kappa shape index (κ3) is 3.39. The average Bonchev–Trinajstić information content (AvgIpc) is 3.12. The van der Waals surface area contributed by atoms with E-state index in [2.05, 4.69) is 10.4 Å². The van der Waals surface area contributed by atoms with Crippen LogP contribution in [0.15, 0.2) is 6.20 Å². The van der Waals surface area contributed by atoms with Crippen molar-refractivity contribution in [3.05, 3.63) is 17.5 Å². The van der Waals surface area contributed by atoms with Crippen molar-refractivity contribution in [1.82, 2.24) is 20.0 Å². The highest BCUT2D eigenvalue weighted by atomic mass is 32.2. The van der Waals surface area contributed by atoms with Gasteiger partial charge in [-0.25, -0.2) is 0 Å². The van der Waals surface area contributed by atoms with Gasteiger partial charge in [-0.3, -0.25) is 14.3 Å². The van der Waals surface area contributed by atoms with Crippen molar-refractivity contribution in [3.63, 3.8) is 0 Å². The van der Waals surface area contributed by atoms with Gasteiger partial charge >= 0.3 is 0 Å². The summed E-state index contributed by atoms with van der Waals surface area (Å²) < 4.78 is 1.93. The van der Waals surface area contributed by atoms with Gasteiger partial charge in [0.25, 0.3) is 5.91 Å². The highest BCUT2D eigenvalue weighted by molar-refractivity contribution is 7.99. The molecule has 6 nitrogen and oxygen atoms in total. The summed E-state index contributed by atoms with van der Waals surface area (Å²) >= 11 is 1.62. The van der Waals surface area contributed by atoms with E-state index < -0.39 is 6.04 Å². The molecular weight excluding hydrogens is 312 g/mol. The van der Waals surface area contributed by atoms with Gasteiger partial charge in [0.15, 0.2) is 0 Å². The normalized spacial score (nSPS) is 21.2. The SMILES string of the molecule is CC(C)(C)NC(=O)[C@H]1CSCN1C(=O)c1cnn2c1CCCC2. The van der Waals surface area contributed by atoms with Gasteiger partial charge in [-0.1, -0.05) is 0 Å². The maximum Gasteiger partial charge on any atom is 0.258 e. The number of nitrogens with one attached hydrogen (secondary N) is 1. The number of fused-ring (bicyclic) bond motifs is 1. The summed E-state index contributed by atoms with van der Waals surface area (Å²) in [6.07, 6.45) is 4.76. The molecule has 0 spiro atoms. The molecule has 3 rings (SSSR count). The summed E-state index contributed by atoms with van der Waals surface area (Å²) in [5, 5.41) is 7.33. The third-order valence-electron chi connectivity index (χ3n) is 4.16. The number of carbonyl (C=O) groups is 2. The Morgan fingerprint density at radius 3 is 2.87 bits per heavy atom. The molecule has 7 heteroatoms. The zero-order valence-electron chi connectivity index (χ0n) is 14.0. The fourth-order valence-corrected chi connectivity index (χ4v) is 4.22. The van der Waals surface area contributed by atoms with Crippen LogP contribution >= 0.6 is 11.8 Å². The van der Waals surface area contributed by atoms with Crippen LogP contribution in [-0.2, 0) is 17.8 Å². The molecule has 2 amide bonds. The lowest BCUT2D eigenvalue weighted by molar-refractivity contribution is -0.125. The first kappa shape index (κ1) is 16.4. The molecule has 1 saturated heterocycles. The van der Waals surface area contributed by atoms with Crippen LogP contribution < -0.4 is 5.32 Å². The van der Waals surface area contributed by atoms with Crippen molar-refractivity contribution < 1.29 is 9.59 Å². The number of hydrogen-bond donors (Lipinski definition) is 1. The summed E-state index contributed by atoms with van der Waals surface area (Å²) in [5.74, 6) is 1.08. The Kier molecular flexibility index (Phi) is 4.40. The summed E-state index contributed by atoms with van der Waals surface area (Å²) in [4.78, 5) is 27.1. The monoisotopic (exact) mass is 336 g/mol. The van der Waals surface area contributed by atoms with E-state index in [0.29, 0.717) is 17.2 Å². The number of rotatable bonds is 2. The fraction of sp³-hybridized carbons (Fsp3) is 0.688. The van der Waals surface area contributed by atoms with Gasteiger partial charge in [-0.05, 0) is 40.0 Å². The van der Waals surface area contributed by atoms with Gasteiger partial charge in [0.05, 0.1) is 23.3 Å². The topological polar surface area (TPSA) is 67.2 Å². The first-order chi connectivity index (χ1) is 10.9. The Morgan fingerprint density at radius 2 is 2.13 bits per heavy atom. The fourth-order valence-electron chi connectivity index (χ4n) is 3.07. The molecular formula is C16H24N4O2S. The number of amides is 2. The molecule has 1 aromatic heterocycles. The van der Waals surface area contributed by atoms with Crippen molar-refractivity contribution in [2.45, 2.75) is 58.2 Å². The maximum atomic E-state index is 12.9. The molecule has 0 aliphatic carbocycles. The van der Waals surface area contributed by atoms with E-state index in [0.717, 1.165) is 31.5 Å². The highest BCUT2D eigenvalue weighted by Crippen LogP contribution is 2.26. The maximum absolute atomic E-state index is 12.9. The molecule has 126 valence electrons. The lowest BCUT2D eigenvalue weighted by Crippen LogP contribution is -2.52. The van der Waals surface area contributed by atoms with Crippen molar-refractivity contribution >= 4 is 23.6 Å². The van der Waals surface area contributed by atoms with Gasteiger partial charge in [-0.15, -0.1) is 11.8 Å². The van der Waals surface area contributed by atoms with Crippen LogP contribution in [0.3, 0.4) is 0 Å². The zero-order chi connectivity index (χ0) is 16.6. The molecule has 0 unspecified atom stereocenters. The predicted octanol–water partition coefficient (Wildman–Crippen LogP) is 1.65. The Balaban J connectivity index is 1.78. The van der Waals surface area contributed by atoms with Crippen LogP contribution in [-0.4, -0.2) is 49.7 Å². The predicted molar refractivity (Wildman–Crippen MR) is 90.3 cm³/mol.